The maximum atomic E-state index is 11.4. The number of methoxy groups -OCH3 is 1. The molecule has 6 nitrogen and oxygen atoms in total. The molecule has 0 aliphatic heterocycles. The third-order valence-corrected chi connectivity index (χ3v) is 2.45. The van der Waals surface area contributed by atoms with Gasteiger partial charge < -0.3 is 24.7 Å². The van der Waals surface area contributed by atoms with Gasteiger partial charge in [0.2, 0.25) is 0 Å². The van der Waals surface area contributed by atoms with Crippen molar-refractivity contribution in [2.75, 3.05) is 46.8 Å². The number of carbonyl (C=O) groups is 1. The molecule has 1 atom stereocenters. The molecule has 6 heteroatoms. The standard InChI is InChI=1S/C13H27NO5/c1-3-4-5-12(14)13(15)19-11-10-18-9-8-17-7-6-16-2/h12H,3-11,14H2,1-2H3. The molecule has 19 heavy (non-hydrogen) atoms. The molecule has 0 aromatic rings. The molecule has 0 saturated heterocycles. The smallest absolute Gasteiger partial charge is 0.322 e. The third kappa shape index (κ3) is 12.1. The van der Waals surface area contributed by atoms with Crippen LogP contribution in [-0.2, 0) is 23.7 Å². The quantitative estimate of drug-likeness (QED) is 0.395. The minimum absolute atomic E-state index is 0.233. The maximum absolute atomic E-state index is 11.4. The van der Waals surface area contributed by atoms with Gasteiger partial charge in [0.05, 0.1) is 33.0 Å². The fraction of sp³-hybridized carbons (Fsp3) is 0.923. The molecule has 2 N–H and O–H groups in total. The lowest BCUT2D eigenvalue weighted by molar-refractivity contribution is -0.147. The highest BCUT2D eigenvalue weighted by molar-refractivity contribution is 5.75. The number of hydrogen-bond donors (Lipinski definition) is 1. The van der Waals surface area contributed by atoms with Crippen LogP contribution in [0.4, 0.5) is 0 Å². The Morgan fingerprint density at radius 3 is 2.21 bits per heavy atom. The maximum Gasteiger partial charge on any atom is 0.322 e. The predicted octanol–water partition coefficient (Wildman–Crippen LogP) is 0.727. The van der Waals surface area contributed by atoms with Gasteiger partial charge in [0.25, 0.3) is 0 Å². The van der Waals surface area contributed by atoms with Gasteiger partial charge in [0.1, 0.15) is 12.6 Å². The molecule has 0 aliphatic rings. The van der Waals surface area contributed by atoms with Crippen LogP contribution in [0, 0.1) is 0 Å². The van der Waals surface area contributed by atoms with Crippen molar-refractivity contribution in [2.24, 2.45) is 5.73 Å². The summed E-state index contributed by atoms with van der Waals surface area (Å²) in [5.41, 5.74) is 5.67. The highest BCUT2D eigenvalue weighted by Crippen LogP contribution is 1.99. The third-order valence-electron chi connectivity index (χ3n) is 2.45. The van der Waals surface area contributed by atoms with Crippen molar-refractivity contribution in [2.45, 2.75) is 32.2 Å². The zero-order valence-electron chi connectivity index (χ0n) is 12.1. The van der Waals surface area contributed by atoms with Crippen LogP contribution in [0.15, 0.2) is 0 Å². The monoisotopic (exact) mass is 277 g/mol. The molecule has 0 aromatic carbocycles. The summed E-state index contributed by atoms with van der Waals surface area (Å²) in [6.07, 6.45) is 2.63. The van der Waals surface area contributed by atoms with Crippen molar-refractivity contribution in [3.63, 3.8) is 0 Å². The summed E-state index contributed by atoms with van der Waals surface area (Å²) < 4.78 is 20.3. The molecule has 0 radical (unpaired) electrons. The van der Waals surface area contributed by atoms with E-state index in [0.717, 1.165) is 12.8 Å². The van der Waals surface area contributed by atoms with Crippen LogP contribution < -0.4 is 5.73 Å². The van der Waals surface area contributed by atoms with E-state index in [2.05, 4.69) is 6.92 Å². The summed E-state index contributed by atoms with van der Waals surface area (Å²) in [6, 6.07) is -0.516. The van der Waals surface area contributed by atoms with Gasteiger partial charge in [-0.2, -0.15) is 0 Å². The second-order valence-electron chi connectivity index (χ2n) is 4.13. The number of ether oxygens (including phenoxy) is 4. The van der Waals surface area contributed by atoms with Crippen molar-refractivity contribution in [3.8, 4) is 0 Å². The van der Waals surface area contributed by atoms with Gasteiger partial charge in [-0.3, -0.25) is 4.79 Å². The van der Waals surface area contributed by atoms with E-state index >= 15 is 0 Å². The first kappa shape index (κ1) is 18.3. The zero-order chi connectivity index (χ0) is 14.3. The van der Waals surface area contributed by atoms with Crippen molar-refractivity contribution in [1.29, 1.82) is 0 Å². The lowest BCUT2D eigenvalue weighted by atomic mass is 10.1. The van der Waals surface area contributed by atoms with Gasteiger partial charge in [0.15, 0.2) is 0 Å². The van der Waals surface area contributed by atoms with E-state index in [0.29, 0.717) is 39.5 Å². The Balaban J connectivity index is 3.27. The molecule has 0 aliphatic carbocycles. The minimum Gasteiger partial charge on any atom is -0.462 e. The van der Waals surface area contributed by atoms with Crippen molar-refractivity contribution in [1.82, 2.24) is 0 Å². The summed E-state index contributed by atoms with van der Waals surface area (Å²) in [5, 5.41) is 0. The van der Waals surface area contributed by atoms with E-state index in [1.165, 1.54) is 0 Å². The number of carbonyl (C=O) groups excluding carboxylic acids is 1. The summed E-state index contributed by atoms with van der Waals surface area (Å²) in [7, 11) is 1.62. The van der Waals surface area contributed by atoms with E-state index in [1.54, 1.807) is 7.11 Å². The van der Waals surface area contributed by atoms with Crippen molar-refractivity contribution >= 4 is 5.97 Å². The second-order valence-corrected chi connectivity index (χ2v) is 4.13. The lowest BCUT2D eigenvalue weighted by Crippen LogP contribution is -2.33. The molecule has 1 unspecified atom stereocenters. The number of rotatable bonds is 13. The van der Waals surface area contributed by atoms with Gasteiger partial charge >= 0.3 is 5.97 Å². The van der Waals surface area contributed by atoms with Crippen LogP contribution >= 0.6 is 0 Å². The first-order valence-corrected chi connectivity index (χ1v) is 6.79. The molecule has 0 spiro atoms. The van der Waals surface area contributed by atoms with Crippen LogP contribution in [0.5, 0.6) is 0 Å². The normalized spacial score (nSPS) is 12.4. The number of esters is 1. The van der Waals surface area contributed by atoms with Crippen molar-refractivity contribution in [3.05, 3.63) is 0 Å². The highest BCUT2D eigenvalue weighted by Gasteiger charge is 2.13. The predicted molar refractivity (Wildman–Crippen MR) is 72.0 cm³/mol. The number of hydrogen-bond acceptors (Lipinski definition) is 6. The Hall–Kier alpha value is -0.690. The molecule has 0 amide bonds. The molecule has 0 rings (SSSR count). The fourth-order valence-corrected chi connectivity index (χ4v) is 1.31. The molecule has 0 aromatic heterocycles. The largest absolute Gasteiger partial charge is 0.462 e. The summed E-state index contributed by atoms with van der Waals surface area (Å²) in [4.78, 5) is 11.4. The van der Waals surface area contributed by atoms with Crippen LogP contribution in [0.25, 0.3) is 0 Å². The summed E-state index contributed by atoms with van der Waals surface area (Å²) in [6.45, 7) is 4.77. The van der Waals surface area contributed by atoms with Gasteiger partial charge in [-0.15, -0.1) is 0 Å². The van der Waals surface area contributed by atoms with E-state index in [-0.39, 0.29) is 12.6 Å². The summed E-state index contributed by atoms with van der Waals surface area (Å²) in [5.74, 6) is -0.353. The van der Waals surface area contributed by atoms with Gasteiger partial charge in [-0.1, -0.05) is 19.8 Å². The van der Waals surface area contributed by atoms with E-state index < -0.39 is 6.04 Å². The Morgan fingerprint density at radius 1 is 1.05 bits per heavy atom. The minimum atomic E-state index is -0.516. The average molecular weight is 277 g/mol. The molecule has 0 fully saturated rings. The molecule has 0 saturated carbocycles. The van der Waals surface area contributed by atoms with Crippen molar-refractivity contribution < 1.29 is 23.7 Å². The SMILES string of the molecule is CCCCC(N)C(=O)OCCOCCOCCOC. The molecular formula is C13H27NO5. The first-order chi connectivity index (χ1) is 9.22. The number of unbranched alkanes of at least 4 members (excludes halogenated alkanes) is 1. The van der Waals surface area contributed by atoms with Crippen LogP contribution in [0.3, 0.4) is 0 Å². The molecule has 0 bridgehead atoms. The molecule has 114 valence electrons. The van der Waals surface area contributed by atoms with E-state index in [1.807, 2.05) is 0 Å². The van der Waals surface area contributed by atoms with E-state index in [9.17, 15) is 4.79 Å². The average Bonchev–Trinajstić information content (AvgIpc) is 2.42. The lowest BCUT2D eigenvalue weighted by Gasteiger charge is -2.11. The zero-order valence-corrected chi connectivity index (χ0v) is 12.1. The topological polar surface area (TPSA) is 80.0 Å². The fourth-order valence-electron chi connectivity index (χ4n) is 1.31. The van der Waals surface area contributed by atoms with Crippen LogP contribution in [0.1, 0.15) is 26.2 Å². The Bertz CT molecular complexity index is 213. The first-order valence-electron chi connectivity index (χ1n) is 6.79. The van der Waals surface area contributed by atoms with Crippen LogP contribution in [0.2, 0.25) is 0 Å². The molecule has 0 heterocycles. The second kappa shape index (κ2) is 13.7. The Labute approximate surface area is 115 Å². The van der Waals surface area contributed by atoms with Crippen LogP contribution in [-0.4, -0.2) is 58.8 Å². The number of nitrogens with two attached hydrogens (primary N) is 1. The summed E-state index contributed by atoms with van der Waals surface area (Å²) >= 11 is 0. The Morgan fingerprint density at radius 2 is 1.63 bits per heavy atom. The van der Waals surface area contributed by atoms with E-state index in [4.69, 9.17) is 24.7 Å². The Kier molecular flexibility index (Phi) is 13.2. The highest BCUT2D eigenvalue weighted by atomic mass is 16.6. The molecular weight excluding hydrogens is 250 g/mol. The van der Waals surface area contributed by atoms with Gasteiger partial charge in [0, 0.05) is 7.11 Å². The van der Waals surface area contributed by atoms with Gasteiger partial charge in [-0.05, 0) is 6.42 Å². The van der Waals surface area contributed by atoms with Gasteiger partial charge in [-0.25, -0.2) is 0 Å².